The van der Waals surface area contributed by atoms with E-state index in [0.29, 0.717) is 23.7 Å². The third kappa shape index (κ3) is 2.86. The fraction of sp³-hybridized carbons (Fsp3) is 0.737. The molecule has 4 nitrogen and oxygen atoms in total. The molecule has 4 rings (SSSR count). The summed E-state index contributed by atoms with van der Waals surface area (Å²) in [5.41, 5.74) is 1.68. The van der Waals surface area contributed by atoms with Crippen molar-refractivity contribution in [3.8, 4) is 0 Å². The third-order valence-electron chi connectivity index (χ3n) is 6.76. The van der Waals surface area contributed by atoms with E-state index in [2.05, 4.69) is 23.3 Å². The number of rotatable bonds is 3. The smallest absolute Gasteiger partial charge is 0.328 e. The van der Waals surface area contributed by atoms with Crippen LogP contribution in [-0.2, 0) is 0 Å². The van der Waals surface area contributed by atoms with E-state index in [1.165, 1.54) is 25.9 Å². The number of dihydropyridines is 1. The normalized spacial score (nSPS) is 46.7. The van der Waals surface area contributed by atoms with Crippen LogP contribution in [0.3, 0.4) is 0 Å². The molecule has 2 aliphatic heterocycles. The molecular formula is C19H28BN2O2. The molecule has 24 heavy (non-hydrogen) atoms. The third-order valence-corrected chi connectivity index (χ3v) is 6.76. The number of hydrogen-bond donors (Lipinski definition) is 3. The first-order valence-corrected chi connectivity index (χ1v) is 9.35. The predicted octanol–water partition coefficient (Wildman–Crippen LogP) is 2.21. The second-order valence-electron chi connectivity index (χ2n) is 8.73. The van der Waals surface area contributed by atoms with E-state index in [1.54, 1.807) is 0 Å². The van der Waals surface area contributed by atoms with Gasteiger partial charge < -0.3 is 15.4 Å². The summed E-state index contributed by atoms with van der Waals surface area (Å²) in [6.45, 7) is 4.39. The van der Waals surface area contributed by atoms with Crippen molar-refractivity contribution < 1.29 is 10.1 Å². The van der Waals surface area contributed by atoms with Crippen LogP contribution in [0.15, 0.2) is 28.3 Å². The molecule has 7 unspecified atom stereocenters. The number of nitrogens with zero attached hydrogens (tertiary/aromatic N) is 1. The van der Waals surface area contributed by atoms with Crippen LogP contribution in [0.2, 0.25) is 0 Å². The maximum absolute atomic E-state index is 10.6. The maximum Gasteiger partial charge on any atom is 0.328 e. The van der Waals surface area contributed by atoms with Gasteiger partial charge in [-0.3, -0.25) is 4.99 Å². The number of aliphatic imine (C=N–C) groups is 1. The van der Waals surface area contributed by atoms with Gasteiger partial charge in [-0.15, -0.1) is 0 Å². The molecule has 2 aliphatic carbocycles. The predicted molar refractivity (Wildman–Crippen MR) is 96.4 cm³/mol. The molecule has 4 aliphatic rings. The number of aliphatic hydroxyl groups is 1. The van der Waals surface area contributed by atoms with Gasteiger partial charge in [-0.25, -0.2) is 0 Å². The highest BCUT2D eigenvalue weighted by Crippen LogP contribution is 2.52. The van der Waals surface area contributed by atoms with Gasteiger partial charge in [0.1, 0.15) is 6.17 Å². The Kier molecular flexibility index (Phi) is 4.12. The van der Waals surface area contributed by atoms with E-state index in [1.807, 2.05) is 19.3 Å². The van der Waals surface area contributed by atoms with Crippen molar-refractivity contribution >= 4 is 13.7 Å². The van der Waals surface area contributed by atoms with Gasteiger partial charge in [0.05, 0.1) is 5.60 Å². The fourth-order valence-corrected chi connectivity index (χ4v) is 5.87. The first-order valence-electron chi connectivity index (χ1n) is 9.35. The second-order valence-corrected chi connectivity index (χ2v) is 8.73. The minimum absolute atomic E-state index is 0.0878. The number of fused-ring (bicyclic) bond motifs is 3. The lowest BCUT2D eigenvalue weighted by molar-refractivity contribution is -0.0684. The molecule has 1 radical (unpaired) electrons. The molecule has 3 N–H and O–H groups in total. The number of hydrogen-bond acceptors (Lipinski definition) is 4. The molecule has 0 spiro atoms. The SMILES string of the molecule is CC1CC2CC(CC(C)(O)C2)C1CC1=C([B]O)C=NC2NC=CC12. The Hall–Kier alpha value is -1.07. The highest BCUT2D eigenvalue weighted by atomic mass is 16.3. The van der Waals surface area contributed by atoms with E-state index in [4.69, 9.17) is 0 Å². The molecule has 2 heterocycles. The summed E-state index contributed by atoms with van der Waals surface area (Å²) in [4.78, 5) is 4.50. The molecular weight excluding hydrogens is 299 g/mol. The molecule has 5 heteroatoms. The maximum atomic E-state index is 10.6. The first kappa shape index (κ1) is 16.4. The molecule has 129 valence electrons. The highest BCUT2D eigenvalue weighted by molar-refractivity contribution is 6.45. The van der Waals surface area contributed by atoms with Crippen LogP contribution in [0.4, 0.5) is 0 Å². The standard InChI is InChI=1S/C19H28BN2O2/c1-11-5-12-6-13(9-19(2,23)8-12)15(11)7-16-14-3-4-21-18(14)22-10-17(16)20-24/h3-4,10-15,18,21,23-24H,5-9H2,1-2H3. The van der Waals surface area contributed by atoms with Gasteiger partial charge in [0, 0.05) is 12.1 Å². The zero-order valence-corrected chi connectivity index (χ0v) is 14.7. The fourth-order valence-electron chi connectivity index (χ4n) is 5.87. The van der Waals surface area contributed by atoms with Crippen molar-refractivity contribution in [1.29, 1.82) is 0 Å². The number of allylic oxidation sites excluding steroid dienone is 1. The zero-order valence-electron chi connectivity index (χ0n) is 14.7. The van der Waals surface area contributed by atoms with Crippen LogP contribution in [0.25, 0.3) is 0 Å². The molecule has 0 aromatic rings. The zero-order chi connectivity index (χ0) is 16.9. The molecule has 0 aromatic carbocycles. The van der Waals surface area contributed by atoms with Crippen LogP contribution in [0.5, 0.6) is 0 Å². The molecule has 2 saturated carbocycles. The van der Waals surface area contributed by atoms with E-state index < -0.39 is 5.60 Å². The second kappa shape index (κ2) is 6.03. The van der Waals surface area contributed by atoms with Gasteiger partial charge in [-0.2, -0.15) is 0 Å². The largest absolute Gasteiger partial charge is 0.450 e. The summed E-state index contributed by atoms with van der Waals surface area (Å²) >= 11 is 0. The van der Waals surface area contributed by atoms with E-state index in [-0.39, 0.29) is 12.1 Å². The van der Waals surface area contributed by atoms with E-state index in [0.717, 1.165) is 24.7 Å². The average Bonchev–Trinajstić information content (AvgIpc) is 2.98. The van der Waals surface area contributed by atoms with Crippen molar-refractivity contribution in [2.24, 2.45) is 34.6 Å². The molecule has 2 fully saturated rings. The van der Waals surface area contributed by atoms with Gasteiger partial charge in [0.15, 0.2) is 0 Å². The van der Waals surface area contributed by atoms with Crippen molar-refractivity contribution in [3.05, 3.63) is 23.3 Å². The summed E-state index contributed by atoms with van der Waals surface area (Å²) in [7, 11) is 1.22. The van der Waals surface area contributed by atoms with Crippen LogP contribution in [0.1, 0.15) is 46.0 Å². The summed E-state index contributed by atoms with van der Waals surface area (Å²) in [5, 5.41) is 23.6. The first-order chi connectivity index (χ1) is 11.5. The van der Waals surface area contributed by atoms with E-state index in [9.17, 15) is 10.1 Å². The van der Waals surface area contributed by atoms with E-state index >= 15 is 0 Å². The van der Waals surface area contributed by atoms with Crippen molar-refractivity contribution in [2.45, 2.75) is 57.7 Å². The Bertz CT molecular complexity index is 596. The van der Waals surface area contributed by atoms with Crippen LogP contribution < -0.4 is 5.32 Å². The minimum atomic E-state index is -0.502. The summed E-state index contributed by atoms with van der Waals surface area (Å²) in [6.07, 6.45) is 11.4. The van der Waals surface area contributed by atoms with Gasteiger partial charge in [-0.1, -0.05) is 18.6 Å². The highest BCUT2D eigenvalue weighted by Gasteiger charge is 2.45. The van der Waals surface area contributed by atoms with Gasteiger partial charge in [-0.05, 0) is 74.4 Å². The van der Waals surface area contributed by atoms with Crippen LogP contribution >= 0.6 is 0 Å². The van der Waals surface area contributed by atoms with Gasteiger partial charge >= 0.3 is 7.48 Å². The Morgan fingerprint density at radius 1 is 1.38 bits per heavy atom. The van der Waals surface area contributed by atoms with Crippen molar-refractivity contribution in [3.63, 3.8) is 0 Å². The Morgan fingerprint density at radius 2 is 2.21 bits per heavy atom. The lowest BCUT2D eigenvalue weighted by Crippen LogP contribution is -2.45. The lowest BCUT2D eigenvalue weighted by Gasteiger charge is -2.50. The Balaban J connectivity index is 1.59. The number of nitrogens with one attached hydrogen (secondary N) is 1. The topological polar surface area (TPSA) is 64.8 Å². The molecule has 0 aromatic heterocycles. The molecule has 7 atom stereocenters. The van der Waals surface area contributed by atoms with Gasteiger partial charge in [0.25, 0.3) is 0 Å². The Labute approximate surface area is 145 Å². The minimum Gasteiger partial charge on any atom is -0.450 e. The summed E-state index contributed by atoms with van der Waals surface area (Å²) < 4.78 is 0. The van der Waals surface area contributed by atoms with Crippen LogP contribution in [0, 0.1) is 29.6 Å². The quantitative estimate of drug-likeness (QED) is 0.697. The summed E-state index contributed by atoms with van der Waals surface area (Å²) in [5.74, 6) is 2.77. The van der Waals surface area contributed by atoms with Crippen LogP contribution in [-0.4, -0.2) is 35.6 Å². The lowest BCUT2D eigenvalue weighted by atomic mass is 9.57. The van der Waals surface area contributed by atoms with Crippen molar-refractivity contribution in [1.82, 2.24) is 5.32 Å². The molecule has 0 saturated heterocycles. The molecule has 2 bridgehead atoms. The Morgan fingerprint density at radius 3 is 3.00 bits per heavy atom. The van der Waals surface area contributed by atoms with Crippen molar-refractivity contribution in [2.75, 3.05) is 0 Å². The van der Waals surface area contributed by atoms with Gasteiger partial charge in [0.2, 0.25) is 0 Å². The monoisotopic (exact) mass is 327 g/mol. The molecule has 0 amide bonds. The summed E-state index contributed by atoms with van der Waals surface area (Å²) in [6, 6.07) is 0. The average molecular weight is 327 g/mol.